The van der Waals surface area contributed by atoms with Gasteiger partial charge in [0.25, 0.3) is 0 Å². The molecule has 2 N–H and O–H groups in total. The van der Waals surface area contributed by atoms with Gasteiger partial charge in [-0.15, -0.1) is 0 Å². The standard InChI is InChI=1S/C21H20ClN3O2/c1-12-16-6-4-5-7-19(16)23-13(2)17(12)11-21(27)25-20-10-15(24-14(3)26)8-9-18(20)22/h4-10H,11H2,1-3H3,(H,24,26)(H,25,27). The lowest BCUT2D eigenvalue weighted by Gasteiger charge is -2.14. The van der Waals surface area contributed by atoms with Crippen molar-refractivity contribution in [1.29, 1.82) is 0 Å². The van der Waals surface area contributed by atoms with Gasteiger partial charge in [0, 0.05) is 23.7 Å². The lowest BCUT2D eigenvalue weighted by Crippen LogP contribution is -2.17. The van der Waals surface area contributed by atoms with Crippen LogP contribution in [-0.2, 0) is 16.0 Å². The summed E-state index contributed by atoms with van der Waals surface area (Å²) in [5, 5.41) is 6.94. The van der Waals surface area contributed by atoms with E-state index >= 15 is 0 Å². The van der Waals surface area contributed by atoms with Crippen molar-refractivity contribution in [3.05, 3.63) is 64.3 Å². The molecule has 0 spiro atoms. The van der Waals surface area contributed by atoms with E-state index in [0.717, 1.165) is 27.7 Å². The lowest BCUT2D eigenvalue weighted by atomic mass is 9.99. The molecule has 1 heterocycles. The summed E-state index contributed by atoms with van der Waals surface area (Å²) in [5.74, 6) is -0.386. The molecule has 0 radical (unpaired) electrons. The molecule has 0 atom stereocenters. The molecule has 0 aliphatic carbocycles. The maximum absolute atomic E-state index is 12.6. The molecule has 0 saturated heterocycles. The minimum absolute atomic E-state index is 0.191. The second-order valence-electron chi connectivity index (χ2n) is 6.42. The highest BCUT2D eigenvalue weighted by Crippen LogP contribution is 2.27. The summed E-state index contributed by atoms with van der Waals surface area (Å²) < 4.78 is 0. The number of hydrogen-bond acceptors (Lipinski definition) is 3. The fraction of sp³-hybridized carbons (Fsp3) is 0.190. The normalized spacial score (nSPS) is 10.7. The number of para-hydroxylation sites is 1. The smallest absolute Gasteiger partial charge is 0.228 e. The van der Waals surface area contributed by atoms with Gasteiger partial charge in [0.2, 0.25) is 11.8 Å². The first-order valence-electron chi connectivity index (χ1n) is 8.57. The van der Waals surface area contributed by atoms with Crippen molar-refractivity contribution in [3.63, 3.8) is 0 Å². The summed E-state index contributed by atoms with van der Waals surface area (Å²) >= 11 is 6.18. The molecule has 3 rings (SSSR count). The van der Waals surface area contributed by atoms with Gasteiger partial charge in [-0.3, -0.25) is 14.6 Å². The predicted molar refractivity (Wildman–Crippen MR) is 109 cm³/mol. The van der Waals surface area contributed by atoms with Crippen LogP contribution in [0.1, 0.15) is 23.7 Å². The van der Waals surface area contributed by atoms with Gasteiger partial charge in [-0.2, -0.15) is 0 Å². The van der Waals surface area contributed by atoms with E-state index in [-0.39, 0.29) is 18.2 Å². The second kappa shape index (κ2) is 7.76. The van der Waals surface area contributed by atoms with Crippen LogP contribution < -0.4 is 10.6 Å². The Morgan fingerprint density at radius 2 is 1.81 bits per heavy atom. The summed E-state index contributed by atoms with van der Waals surface area (Å²) in [7, 11) is 0. The molecule has 2 amide bonds. The van der Waals surface area contributed by atoms with E-state index in [4.69, 9.17) is 11.6 Å². The summed E-state index contributed by atoms with van der Waals surface area (Å²) in [4.78, 5) is 28.4. The Morgan fingerprint density at radius 1 is 1.07 bits per heavy atom. The van der Waals surface area contributed by atoms with Crippen molar-refractivity contribution in [1.82, 2.24) is 4.98 Å². The van der Waals surface area contributed by atoms with Crippen molar-refractivity contribution >= 4 is 45.7 Å². The van der Waals surface area contributed by atoms with Crippen LogP contribution in [-0.4, -0.2) is 16.8 Å². The zero-order valence-corrected chi connectivity index (χ0v) is 16.1. The molecule has 6 heteroatoms. The third-order valence-corrected chi connectivity index (χ3v) is 4.71. The maximum atomic E-state index is 12.6. The number of carbonyl (C=O) groups excluding carboxylic acids is 2. The number of amides is 2. The number of carbonyl (C=O) groups is 2. The number of fused-ring (bicyclic) bond motifs is 1. The van der Waals surface area contributed by atoms with Gasteiger partial charge in [0.05, 0.1) is 22.6 Å². The van der Waals surface area contributed by atoms with Crippen molar-refractivity contribution < 1.29 is 9.59 Å². The average molecular weight is 382 g/mol. The number of rotatable bonds is 4. The van der Waals surface area contributed by atoms with Crippen molar-refractivity contribution in [2.45, 2.75) is 27.2 Å². The van der Waals surface area contributed by atoms with Crippen molar-refractivity contribution in [3.8, 4) is 0 Å². The van der Waals surface area contributed by atoms with Gasteiger partial charge in [-0.05, 0) is 49.2 Å². The molecule has 27 heavy (non-hydrogen) atoms. The first kappa shape index (κ1) is 18.9. The van der Waals surface area contributed by atoms with Crippen LogP contribution in [0.25, 0.3) is 10.9 Å². The zero-order valence-electron chi connectivity index (χ0n) is 15.4. The van der Waals surface area contributed by atoms with Crippen LogP contribution in [0.3, 0.4) is 0 Å². The molecular formula is C21H20ClN3O2. The number of aryl methyl sites for hydroxylation is 2. The van der Waals surface area contributed by atoms with E-state index in [0.29, 0.717) is 16.4 Å². The molecule has 0 fully saturated rings. The molecule has 0 saturated carbocycles. The van der Waals surface area contributed by atoms with Crippen LogP contribution in [0, 0.1) is 13.8 Å². The topological polar surface area (TPSA) is 71.1 Å². The Hall–Kier alpha value is -2.92. The van der Waals surface area contributed by atoms with Crippen LogP contribution >= 0.6 is 11.6 Å². The molecule has 0 unspecified atom stereocenters. The van der Waals surface area contributed by atoms with E-state index in [1.807, 2.05) is 38.1 Å². The number of nitrogens with one attached hydrogen (secondary N) is 2. The zero-order chi connectivity index (χ0) is 19.6. The van der Waals surface area contributed by atoms with Gasteiger partial charge in [-0.1, -0.05) is 29.8 Å². The molecule has 1 aromatic heterocycles. The van der Waals surface area contributed by atoms with Gasteiger partial charge >= 0.3 is 0 Å². The number of halogens is 1. The number of benzene rings is 2. The largest absolute Gasteiger partial charge is 0.326 e. The SMILES string of the molecule is CC(=O)Nc1ccc(Cl)c(NC(=O)Cc2c(C)nc3ccccc3c2C)c1. The molecule has 2 aromatic carbocycles. The highest BCUT2D eigenvalue weighted by molar-refractivity contribution is 6.33. The first-order valence-corrected chi connectivity index (χ1v) is 8.94. The molecule has 138 valence electrons. The minimum Gasteiger partial charge on any atom is -0.326 e. The van der Waals surface area contributed by atoms with Crippen LogP contribution in [0.5, 0.6) is 0 Å². The predicted octanol–water partition coefficient (Wildman–Crippen LogP) is 4.64. The Kier molecular flexibility index (Phi) is 5.42. The molecule has 0 bridgehead atoms. The van der Waals surface area contributed by atoms with E-state index in [1.54, 1.807) is 18.2 Å². The molecule has 0 aliphatic rings. The first-order chi connectivity index (χ1) is 12.8. The molecular weight excluding hydrogens is 362 g/mol. The summed E-state index contributed by atoms with van der Waals surface area (Å²) in [6.07, 6.45) is 0.191. The van der Waals surface area contributed by atoms with Gasteiger partial charge in [0.15, 0.2) is 0 Å². The summed E-state index contributed by atoms with van der Waals surface area (Å²) in [5.41, 5.74) is 4.73. The van der Waals surface area contributed by atoms with E-state index < -0.39 is 0 Å². The number of pyridine rings is 1. The Labute approximate surface area is 162 Å². The highest BCUT2D eigenvalue weighted by Gasteiger charge is 2.14. The third kappa shape index (κ3) is 4.26. The van der Waals surface area contributed by atoms with E-state index in [1.165, 1.54) is 6.92 Å². The van der Waals surface area contributed by atoms with Gasteiger partial charge in [0.1, 0.15) is 0 Å². The van der Waals surface area contributed by atoms with Crippen molar-refractivity contribution in [2.24, 2.45) is 0 Å². The Bertz CT molecular complexity index is 1050. The average Bonchev–Trinajstić information content (AvgIpc) is 2.61. The van der Waals surface area contributed by atoms with Gasteiger partial charge < -0.3 is 10.6 Å². The number of hydrogen-bond donors (Lipinski definition) is 2. The Morgan fingerprint density at radius 3 is 2.56 bits per heavy atom. The van der Waals surface area contributed by atoms with Crippen LogP contribution in [0.2, 0.25) is 5.02 Å². The molecule has 0 aliphatic heterocycles. The quantitative estimate of drug-likeness (QED) is 0.691. The minimum atomic E-state index is -0.194. The maximum Gasteiger partial charge on any atom is 0.228 e. The molecule has 3 aromatic rings. The van der Waals surface area contributed by atoms with Gasteiger partial charge in [-0.25, -0.2) is 0 Å². The third-order valence-electron chi connectivity index (χ3n) is 4.38. The van der Waals surface area contributed by atoms with E-state index in [2.05, 4.69) is 15.6 Å². The highest BCUT2D eigenvalue weighted by atomic mass is 35.5. The monoisotopic (exact) mass is 381 g/mol. The van der Waals surface area contributed by atoms with Crippen molar-refractivity contribution in [2.75, 3.05) is 10.6 Å². The van der Waals surface area contributed by atoms with Crippen LogP contribution in [0.4, 0.5) is 11.4 Å². The number of anilines is 2. The number of nitrogens with zero attached hydrogens (tertiary/aromatic N) is 1. The lowest BCUT2D eigenvalue weighted by molar-refractivity contribution is -0.116. The summed E-state index contributed by atoms with van der Waals surface area (Å²) in [6.45, 7) is 5.33. The molecule has 5 nitrogen and oxygen atoms in total. The van der Waals surface area contributed by atoms with Crippen LogP contribution in [0.15, 0.2) is 42.5 Å². The fourth-order valence-corrected chi connectivity index (χ4v) is 3.25. The van der Waals surface area contributed by atoms with E-state index in [9.17, 15) is 9.59 Å². The summed E-state index contributed by atoms with van der Waals surface area (Å²) in [6, 6.07) is 12.8. The Balaban J connectivity index is 1.84. The second-order valence-corrected chi connectivity index (χ2v) is 6.83. The number of aromatic nitrogens is 1. The fourth-order valence-electron chi connectivity index (χ4n) is 3.09.